The molecule has 2 N–H and O–H groups in total. The van der Waals surface area contributed by atoms with E-state index in [0.29, 0.717) is 53.5 Å². The van der Waals surface area contributed by atoms with Gasteiger partial charge in [-0.3, -0.25) is 20.1 Å². The maximum absolute atomic E-state index is 15.3. The molecule has 248 valence electrons. The van der Waals surface area contributed by atoms with Crippen molar-refractivity contribution in [1.29, 1.82) is 5.41 Å². The normalized spacial score (nSPS) is 17.3. The van der Waals surface area contributed by atoms with Gasteiger partial charge in [-0.15, -0.1) is 0 Å². The van der Waals surface area contributed by atoms with E-state index in [2.05, 4.69) is 21.4 Å². The number of rotatable bonds is 11. The first kappa shape index (κ1) is 33.7. The van der Waals surface area contributed by atoms with Gasteiger partial charge in [0, 0.05) is 49.3 Å². The minimum atomic E-state index is -4.66. The number of methoxy groups -OCH3 is 1. The number of carbonyl (C=O) groups excluding carboxylic acids is 1. The molecule has 0 radical (unpaired) electrons. The zero-order valence-corrected chi connectivity index (χ0v) is 26.1. The van der Waals surface area contributed by atoms with Crippen LogP contribution >= 0.6 is 0 Å². The second-order valence-electron chi connectivity index (χ2n) is 11.9. The number of benzene rings is 2. The number of hydrogen-bond acceptors (Lipinski definition) is 9. The Bertz CT molecular complexity index is 1800. The summed E-state index contributed by atoms with van der Waals surface area (Å²) < 4.78 is 72.6. The van der Waals surface area contributed by atoms with Crippen LogP contribution in [0.3, 0.4) is 0 Å². The molecule has 47 heavy (non-hydrogen) atoms. The summed E-state index contributed by atoms with van der Waals surface area (Å²) in [5, 5.41) is 18.1. The third kappa shape index (κ3) is 7.36. The lowest BCUT2D eigenvalue weighted by atomic mass is 9.86. The Kier molecular flexibility index (Phi) is 9.51. The van der Waals surface area contributed by atoms with Crippen molar-refractivity contribution >= 4 is 22.5 Å². The Morgan fingerprint density at radius 1 is 1.17 bits per heavy atom. The van der Waals surface area contributed by atoms with Crippen molar-refractivity contribution in [3.8, 4) is 22.8 Å². The number of Topliss-reactive ketones (excluding diaryl/α,β-unsaturated/α-hetero) is 1. The molecule has 0 amide bonds. The second kappa shape index (κ2) is 13.2. The van der Waals surface area contributed by atoms with Gasteiger partial charge in [0.1, 0.15) is 35.1 Å². The second-order valence-corrected chi connectivity index (χ2v) is 11.9. The van der Waals surface area contributed by atoms with Crippen LogP contribution in [0.1, 0.15) is 25.8 Å². The van der Waals surface area contributed by atoms with Crippen molar-refractivity contribution in [3.05, 3.63) is 83.7 Å². The van der Waals surface area contributed by atoms with Crippen molar-refractivity contribution in [2.75, 3.05) is 33.4 Å². The number of allylic oxidation sites excluding steroid dienone is 4. The summed E-state index contributed by atoms with van der Waals surface area (Å²) in [7, 11) is 1.52. The van der Waals surface area contributed by atoms with E-state index in [0.717, 1.165) is 32.9 Å². The molecule has 3 aromatic rings. The molecular weight excluding hydrogens is 620 g/mol. The summed E-state index contributed by atoms with van der Waals surface area (Å²) in [5.41, 5.74) is -1.35. The van der Waals surface area contributed by atoms with Gasteiger partial charge in [-0.05, 0) is 44.1 Å². The number of aromatic nitrogens is 2. The number of carbonyl (C=O) groups is 1. The van der Waals surface area contributed by atoms with E-state index in [4.69, 9.17) is 19.6 Å². The van der Waals surface area contributed by atoms with Crippen LogP contribution in [0.5, 0.6) is 11.5 Å². The SMILES string of the molecule is C=C1C=C(C(=N)C(=O)Cc2ccc(-c3cnc4cc(OC)c(OCCN5CCC(O)C5)cc4n3)cc2F)C=C(C(C)(C)C(F)(F)F)O1. The number of aliphatic hydroxyl groups is 1. The maximum Gasteiger partial charge on any atom is 0.400 e. The molecule has 2 aromatic carbocycles. The first-order valence-electron chi connectivity index (χ1n) is 14.8. The largest absolute Gasteiger partial charge is 0.493 e. The van der Waals surface area contributed by atoms with E-state index >= 15 is 4.39 Å². The summed E-state index contributed by atoms with van der Waals surface area (Å²) in [6.45, 7) is 7.78. The average Bonchev–Trinajstić information content (AvgIpc) is 3.44. The highest BCUT2D eigenvalue weighted by molar-refractivity contribution is 6.46. The summed E-state index contributed by atoms with van der Waals surface area (Å²) in [4.78, 5) is 24.1. The predicted octanol–water partition coefficient (Wildman–Crippen LogP) is 5.96. The van der Waals surface area contributed by atoms with Gasteiger partial charge < -0.3 is 19.3 Å². The van der Waals surface area contributed by atoms with Crippen LogP contribution in [0.25, 0.3) is 22.3 Å². The number of likely N-dealkylation sites (tertiary alicyclic amines) is 1. The average molecular weight is 655 g/mol. The molecule has 3 heterocycles. The highest BCUT2D eigenvalue weighted by Gasteiger charge is 2.52. The Morgan fingerprint density at radius 2 is 1.91 bits per heavy atom. The standard InChI is InChI=1S/C34H34F4N4O5/c1-19-11-22(14-31(47-19)33(2,3)34(36,37)38)32(39)28(44)13-20-5-6-21(12-24(20)35)27-17-40-25-15-29(45-4)30(16-26(25)41-27)46-10-9-42-8-7-23(43)18-42/h5-6,11-12,14-17,23,39,43H,1,7-10,13,18H2,2-4H3. The third-order valence-corrected chi connectivity index (χ3v) is 8.18. The monoisotopic (exact) mass is 654 g/mol. The third-order valence-electron chi connectivity index (χ3n) is 8.18. The molecule has 2 aliphatic heterocycles. The number of alkyl halides is 3. The van der Waals surface area contributed by atoms with Crippen LogP contribution < -0.4 is 9.47 Å². The van der Waals surface area contributed by atoms with Gasteiger partial charge >= 0.3 is 6.18 Å². The van der Waals surface area contributed by atoms with Gasteiger partial charge in [0.25, 0.3) is 0 Å². The number of β-amino-alcohol motifs (C(OH)–C–C–N with tert-alkyl or cyclic N) is 1. The number of hydrogen-bond donors (Lipinski definition) is 2. The number of nitrogens with one attached hydrogen (secondary N) is 1. The quantitative estimate of drug-likeness (QED) is 0.192. The molecule has 0 saturated carbocycles. The first-order valence-corrected chi connectivity index (χ1v) is 14.8. The number of aliphatic hydroxyl groups excluding tert-OH is 1. The molecule has 9 nitrogen and oxygen atoms in total. The molecule has 1 unspecified atom stereocenters. The Morgan fingerprint density at radius 3 is 2.57 bits per heavy atom. The lowest BCUT2D eigenvalue weighted by Gasteiger charge is -2.32. The van der Waals surface area contributed by atoms with E-state index in [9.17, 15) is 23.1 Å². The van der Waals surface area contributed by atoms with E-state index < -0.39 is 41.1 Å². The van der Waals surface area contributed by atoms with Gasteiger partial charge in [-0.2, -0.15) is 13.2 Å². The van der Waals surface area contributed by atoms with Gasteiger partial charge in [-0.1, -0.05) is 18.7 Å². The van der Waals surface area contributed by atoms with E-state index in [1.165, 1.54) is 31.5 Å². The van der Waals surface area contributed by atoms with Crippen LogP contribution in [0.15, 0.2) is 72.4 Å². The minimum Gasteiger partial charge on any atom is -0.493 e. The summed E-state index contributed by atoms with van der Waals surface area (Å²) in [5.74, 6) is -1.25. The molecule has 0 aliphatic carbocycles. The Balaban J connectivity index is 1.30. The van der Waals surface area contributed by atoms with Crippen LogP contribution in [-0.4, -0.2) is 77.1 Å². The molecule has 2 aliphatic rings. The molecule has 0 bridgehead atoms. The molecule has 13 heteroatoms. The number of nitrogens with zero attached hydrogens (tertiary/aromatic N) is 3. The molecular formula is C34H34F4N4O5. The van der Waals surface area contributed by atoms with Gasteiger partial charge in [0.2, 0.25) is 0 Å². The van der Waals surface area contributed by atoms with Gasteiger partial charge in [0.15, 0.2) is 17.3 Å². The van der Waals surface area contributed by atoms with Crippen molar-refractivity contribution in [1.82, 2.24) is 14.9 Å². The van der Waals surface area contributed by atoms with Gasteiger partial charge in [-0.25, -0.2) is 9.37 Å². The maximum atomic E-state index is 15.3. The fourth-order valence-electron chi connectivity index (χ4n) is 5.15. The predicted molar refractivity (Wildman–Crippen MR) is 167 cm³/mol. The van der Waals surface area contributed by atoms with E-state index in [1.54, 1.807) is 18.2 Å². The van der Waals surface area contributed by atoms with Crippen molar-refractivity contribution in [2.24, 2.45) is 5.41 Å². The Labute approximate surface area is 268 Å². The van der Waals surface area contributed by atoms with E-state index in [1.807, 2.05) is 0 Å². The molecule has 5 rings (SSSR count). The minimum absolute atomic E-state index is 0.00509. The zero-order chi connectivity index (χ0) is 34.1. The number of ether oxygens (including phenoxy) is 3. The number of ketones is 1. The summed E-state index contributed by atoms with van der Waals surface area (Å²) >= 11 is 0. The highest BCUT2D eigenvalue weighted by atomic mass is 19.4. The highest BCUT2D eigenvalue weighted by Crippen LogP contribution is 2.46. The lowest BCUT2D eigenvalue weighted by molar-refractivity contribution is -0.207. The number of halogens is 4. The molecule has 1 aromatic heterocycles. The lowest BCUT2D eigenvalue weighted by Crippen LogP contribution is -2.36. The van der Waals surface area contributed by atoms with Crippen molar-refractivity contribution in [3.63, 3.8) is 0 Å². The summed E-state index contributed by atoms with van der Waals surface area (Å²) in [6.07, 6.45) is -1.08. The van der Waals surface area contributed by atoms with Gasteiger partial charge in [0.05, 0.1) is 36.1 Å². The van der Waals surface area contributed by atoms with Crippen LogP contribution in [0.4, 0.5) is 17.6 Å². The van der Waals surface area contributed by atoms with Crippen LogP contribution in [-0.2, 0) is 16.0 Å². The first-order chi connectivity index (χ1) is 22.2. The number of fused-ring (bicyclic) bond motifs is 1. The molecule has 1 saturated heterocycles. The van der Waals surface area contributed by atoms with Crippen molar-refractivity contribution in [2.45, 2.75) is 39.0 Å². The van der Waals surface area contributed by atoms with Crippen LogP contribution in [0, 0.1) is 16.6 Å². The molecule has 1 atom stereocenters. The zero-order valence-electron chi connectivity index (χ0n) is 26.1. The Hall–Kier alpha value is -4.62. The fourth-order valence-corrected chi connectivity index (χ4v) is 5.15. The smallest absolute Gasteiger partial charge is 0.400 e. The fraction of sp³-hybridized carbons (Fsp3) is 0.353. The van der Waals surface area contributed by atoms with Crippen LogP contribution in [0.2, 0.25) is 0 Å². The molecule has 0 spiro atoms. The topological polar surface area (TPSA) is 118 Å². The van der Waals surface area contributed by atoms with Crippen molar-refractivity contribution < 1.29 is 41.7 Å². The van der Waals surface area contributed by atoms with E-state index in [-0.39, 0.29) is 23.0 Å². The molecule has 1 fully saturated rings. The summed E-state index contributed by atoms with van der Waals surface area (Å²) in [6, 6.07) is 7.54.